The van der Waals surface area contributed by atoms with Crippen molar-refractivity contribution in [2.45, 2.75) is 109 Å². The van der Waals surface area contributed by atoms with Crippen LogP contribution in [0.15, 0.2) is 75.7 Å². The predicted octanol–water partition coefficient (Wildman–Crippen LogP) is 8.50. The Bertz CT molecular complexity index is 1590. The number of aromatic nitrogens is 1. The Labute approximate surface area is 272 Å². The zero-order valence-corrected chi connectivity index (χ0v) is 30.6. The van der Waals surface area contributed by atoms with Gasteiger partial charge in [0.25, 0.3) is 0 Å². The van der Waals surface area contributed by atoms with Crippen molar-refractivity contribution in [3.63, 3.8) is 0 Å². The highest BCUT2D eigenvalue weighted by molar-refractivity contribution is 7.91. The molecule has 0 saturated heterocycles. The number of nitrogens with zero attached hydrogens (tertiary/aromatic N) is 3. The Morgan fingerprint density at radius 3 is 1.80 bits per heavy atom. The summed E-state index contributed by atoms with van der Waals surface area (Å²) in [6.45, 7) is 23.0. The molecular weight excluding hydrogens is 599 g/mol. The largest absolute Gasteiger partial charge is 0.480 e. The van der Waals surface area contributed by atoms with Crippen LogP contribution < -0.4 is 0 Å². The van der Waals surface area contributed by atoms with Crippen LogP contribution in [0.5, 0.6) is 0 Å². The molecule has 0 spiro atoms. The van der Waals surface area contributed by atoms with Crippen LogP contribution in [-0.4, -0.2) is 63.7 Å². The molecule has 3 atom stereocenters. The van der Waals surface area contributed by atoms with Gasteiger partial charge < -0.3 is 13.7 Å². The van der Waals surface area contributed by atoms with Crippen molar-refractivity contribution in [3.05, 3.63) is 66.4 Å². The van der Waals surface area contributed by atoms with E-state index in [4.69, 9.17) is 19.5 Å². The van der Waals surface area contributed by atoms with Gasteiger partial charge in [0.1, 0.15) is 12.1 Å². The van der Waals surface area contributed by atoms with Crippen molar-refractivity contribution in [3.8, 4) is 0 Å². The first kappa shape index (κ1) is 35.0. The monoisotopic (exact) mass is 651 g/mol. The minimum atomic E-state index is -3.72. The molecule has 0 N–H and O–H groups in total. The molecule has 246 valence electrons. The predicted molar refractivity (Wildman–Crippen MR) is 190 cm³/mol. The van der Waals surface area contributed by atoms with Gasteiger partial charge in [0.15, 0.2) is 18.1 Å². The topological polar surface area (TPSA) is 82.2 Å². The van der Waals surface area contributed by atoms with E-state index < -0.39 is 30.0 Å². The van der Waals surface area contributed by atoms with Crippen LogP contribution in [0.4, 0.5) is 0 Å². The maximum absolute atomic E-state index is 14.2. The number of hydrogen-bond acceptors (Lipinski definition) is 6. The van der Waals surface area contributed by atoms with Gasteiger partial charge in [-0.2, -0.15) is 0 Å². The highest BCUT2D eigenvalue weighted by atomic mass is 32.2. The summed E-state index contributed by atoms with van der Waals surface area (Å²) in [6, 6.07) is 16.2. The molecule has 4 rings (SSSR count). The standard InChI is InChI=1S/C36H53N3O4SSi/c1-11-42-35-33(24(3)4)37-36(43-12-2)34(38-35)31(23-44(40,41)28-18-14-13-15-19-28)30-22-39(32-21-17-16-20-29(30)32)45(25(5)6,26(7)8)27(9)10/h13-22,24-27,31,33-34H,11-12,23H2,1-10H3/t31-,33-,34+/m1/s1. The van der Waals surface area contributed by atoms with E-state index in [0.29, 0.717) is 46.5 Å². The average Bonchev–Trinajstić information content (AvgIpc) is 3.36. The third-order valence-corrected chi connectivity index (χ3v) is 18.0. The Morgan fingerprint density at radius 1 is 0.756 bits per heavy atom. The van der Waals surface area contributed by atoms with Gasteiger partial charge in [-0.3, -0.25) is 0 Å². The summed E-state index contributed by atoms with van der Waals surface area (Å²) in [6.07, 6.45) is 2.27. The fraction of sp³-hybridized carbons (Fsp3) is 0.556. The molecule has 0 fully saturated rings. The lowest BCUT2D eigenvalue weighted by molar-refractivity contribution is 0.272. The van der Waals surface area contributed by atoms with Crippen LogP contribution in [0.3, 0.4) is 0 Å². The average molecular weight is 652 g/mol. The molecule has 2 heterocycles. The molecular formula is C36H53N3O4SSi. The van der Waals surface area contributed by atoms with E-state index >= 15 is 0 Å². The second-order valence-corrected chi connectivity index (χ2v) is 21.2. The van der Waals surface area contributed by atoms with Crippen molar-refractivity contribution in [1.82, 2.24) is 4.23 Å². The first-order valence-corrected chi connectivity index (χ1v) is 20.4. The molecule has 2 aromatic carbocycles. The van der Waals surface area contributed by atoms with E-state index in [9.17, 15) is 8.42 Å². The maximum Gasteiger partial charge on any atom is 0.210 e. The summed E-state index contributed by atoms with van der Waals surface area (Å²) in [7, 11) is -5.92. The number of benzene rings is 2. The fourth-order valence-corrected chi connectivity index (χ4v) is 16.0. The minimum Gasteiger partial charge on any atom is -0.480 e. The van der Waals surface area contributed by atoms with E-state index in [1.54, 1.807) is 24.3 Å². The Morgan fingerprint density at radius 2 is 1.27 bits per heavy atom. The Hall–Kier alpha value is -2.91. The molecule has 0 bridgehead atoms. The zero-order chi connectivity index (χ0) is 33.1. The third kappa shape index (κ3) is 6.66. The Kier molecular flexibility index (Phi) is 11.1. The number of aliphatic imine (C=N–C) groups is 2. The Balaban J connectivity index is 2.06. The molecule has 45 heavy (non-hydrogen) atoms. The highest BCUT2D eigenvalue weighted by Crippen LogP contribution is 2.46. The quantitative estimate of drug-likeness (QED) is 0.184. The number of fused-ring (bicyclic) bond motifs is 1. The van der Waals surface area contributed by atoms with Gasteiger partial charge in [-0.25, -0.2) is 18.4 Å². The van der Waals surface area contributed by atoms with Gasteiger partial charge >= 0.3 is 0 Å². The molecule has 0 unspecified atom stereocenters. The third-order valence-electron chi connectivity index (χ3n) is 9.47. The van der Waals surface area contributed by atoms with E-state index in [1.807, 2.05) is 26.0 Å². The van der Waals surface area contributed by atoms with Crippen molar-refractivity contribution < 1.29 is 17.9 Å². The SMILES string of the molecule is CCOC1=N[C@H](C(C)C)C(OCC)=N[C@H]1[C@H](CS(=O)(=O)c1ccccc1)c1cn([Si](C(C)C)(C(C)C)C(C)C)c2ccccc12. The molecule has 9 heteroatoms. The smallest absolute Gasteiger partial charge is 0.210 e. The molecule has 7 nitrogen and oxygen atoms in total. The molecule has 0 radical (unpaired) electrons. The van der Waals surface area contributed by atoms with Crippen molar-refractivity contribution >= 4 is 40.8 Å². The first-order valence-electron chi connectivity index (χ1n) is 16.6. The summed E-state index contributed by atoms with van der Waals surface area (Å²) in [5.41, 5.74) is 3.48. The summed E-state index contributed by atoms with van der Waals surface area (Å²) in [4.78, 5) is 10.6. The number of rotatable bonds is 12. The van der Waals surface area contributed by atoms with Crippen LogP contribution in [0, 0.1) is 5.92 Å². The lowest BCUT2D eigenvalue weighted by Gasteiger charge is -2.44. The summed E-state index contributed by atoms with van der Waals surface area (Å²) < 4.78 is 43.3. The van der Waals surface area contributed by atoms with Gasteiger partial charge in [0, 0.05) is 16.8 Å². The van der Waals surface area contributed by atoms with E-state index in [2.05, 4.69) is 84.0 Å². The van der Waals surface area contributed by atoms with Crippen LogP contribution >= 0.6 is 0 Å². The van der Waals surface area contributed by atoms with Crippen LogP contribution in [-0.2, 0) is 19.3 Å². The summed E-state index contributed by atoms with van der Waals surface area (Å²) in [5.74, 6) is 0.451. The lowest BCUT2D eigenvalue weighted by atomic mass is 9.91. The fourth-order valence-electron chi connectivity index (χ4n) is 7.74. The number of ether oxygens (including phenoxy) is 2. The van der Waals surface area contributed by atoms with Gasteiger partial charge in [0.2, 0.25) is 11.8 Å². The van der Waals surface area contributed by atoms with E-state index in [1.165, 1.54) is 0 Å². The number of hydrogen-bond donors (Lipinski definition) is 0. The molecule has 0 amide bonds. The normalized spacial score (nSPS) is 18.5. The number of para-hydroxylation sites is 1. The van der Waals surface area contributed by atoms with Crippen molar-refractivity contribution in [1.29, 1.82) is 0 Å². The molecule has 3 aromatic rings. The van der Waals surface area contributed by atoms with Crippen molar-refractivity contribution in [2.75, 3.05) is 19.0 Å². The van der Waals surface area contributed by atoms with Gasteiger partial charge in [0.05, 0.1) is 23.9 Å². The highest BCUT2D eigenvalue weighted by Gasteiger charge is 2.47. The second kappa shape index (κ2) is 14.2. The summed E-state index contributed by atoms with van der Waals surface area (Å²) >= 11 is 0. The van der Waals surface area contributed by atoms with Gasteiger partial charge in [-0.1, -0.05) is 91.8 Å². The van der Waals surface area contributed by atoms with Gasteiger partial charge in [-0.15, -0.1) is 0 Å². The molecule has 0 aliphatic carbocycles. The minimum absolute atomic E-state index is 0.134. The molecule has 1 aromatic heterocycles. The van der Waals surface area contributed by atoms with Crippen LogP contribution in [0.1, 0.15) is 80.7 Å². The van der Waals surface area contributed by atoms with Crippen molar-refractivity contribution in [2.24, 2.45) is 15.9 Å². The molecule has 0 saturated carbocycles. The maximum atomic E-state index is 14.2. The lowest BCUT2D eigenvalue weighted by Crippen LogP contribution is -2.51. The molecule has 1 aliphatic heterocycles. The molecule has 1 aliphatic rings. The summed E-state index contributed by atoms with van der Waals surface area (Å²) in [5, 5.41) is 1.06. The van der Waals surface area contributed by atoms with Crippen LogP contribution in [0.25, 0.3) is 10.9 Å². The number of sulfone groups is 1. The second-order valence-electron chi connectivity index (χ2n) is 13.5. The van der Waals surface area contributed by atoms with Gasteiger partial charge in [-0.05, 0) is 66.3 Å². The van der Waals surface area contributed by atoms with Crippen LogP contribution in [0.2, 0.25) is 16.6 Å². The van der Waals surface area contributed by atoms with E-state index in [0.717, 1.165) is 16.5 Å². The first-order chi connectivity index (χ1) is 21.3. The van der Waals surface area contributed by atoms with E-state index in [-0.39, 0.29) is 17.7 Å². The zero-order valence-electron chi connectivity index (χ0n) is 28.8.